The predicted molar refractivity (Wildman–Crippen MR) is 88.8 cm³/mol. The Morgan fingerprint density at radius 1 is 0.636 bits per heavy atom. The highest BCUT2D eigenvalue weighted by molar-refractivity contribution is 6.10. The fourth-order valence-electron chi connectivity index (χ4n) is 2.37. The summed E-state index contributed by atoms with van der Waals surface area (Å²) in [6.45, 7) is 1.21. The van der Waals surface area contributed by atoms with Crippen LogP contribution in [0.4, 0.5) is 0 Å². The van der Waals surface area contributed by atoms with E-state index in [0.29, 0.717) is 13.1 Å². The molecule has 0 bridgehead atoms. The monoisotopic (exact) mass is 294 g/mol. The third-order valence-corrected chi connectivity index (χ3v) is 3.69. The molecule has 0 aromatic heterocycles. The number of hydrogen-bond donors (Lipinski definition) is 0. The molecule has 3 rings (SSSR count). The number of benzene rings is 2. The number of aliphatic imine (C=N–C) groups is 2. The molecule has 2 aromatic rings. The molecule has 0 aliphatic carbocycles. The Kier molecular flexibility index (Phi) is 4.19. The van der Waals surface area contributed by atoms with Gasteiger partial charge in [-0.15, -0.1) is 0 Å². The predicted octanol–water partition coefficient (Wildman–Crippen LogP) is 3.00. The highest BCUT2D eigenvalue weighted by Gasteiger charge is 2.12. The van der Waals surface area contributed by atoms with E-state index in [0.717, 1.165) is 34.0 Å². The van der Waals surface area contributed by atoms with E-state index in [9.17, 15) is 0 Å². The largest absolute Gasteiger partial charge is 0.497 e. The summed E-state index contributed by atoms with van der Waals surface area (Å²) < 4.78 is 10.3. The normalized spacial score (nSPS) is 14.1. The van der Waals surface area contributed by atoms with Crippen molar-refractivity contribution in [3.63, 3.8) is 0 Å². The summed E-state index contributed by atoms with van der Waals surface area (Å²) in [7, 11) is 3.33. The molecule has 0 unspecified atom stereocenters. The Bertz CT molecular complexity index is 637. The van der Waals surface area contributed by atoms with Crippen molar-refractivity contribution in [3.8, 4) is 11.5 Å². The van der Waals surface area contributed by atoms with E-state index < -0.39 is 0 Å². The van der Waals surface area contributed by atoms with Gasteiger partial charge in [0.25, 0.3) is 0 Å². The van der Waals surface area contributed by atoms with Crippen LogP contribution >= 0.6 is 0 Å². The maximum Gasteiger partial charge on any atom is 0.118 e. The van der Waals surface area contributed by atoms with Gasteiger partial charge in [0.05, 0.1) is 38.7 Å². The Balaban J connectivity index is 1.72. The van der Waals surface area contributed by atoms with Gasteiger partial charge in [-0.3, -0.25) is 9.98 Å². The van der Waals surface area contributed by atoms with E-state index >= 15 is 0 Å². The molecule has 0 radical (unpaired) electrons. The summed E-state index contributed by atoms with van der Waals surface area (Å²) in [6, 6.07) is 15.9. The van der Waals surface area contributed by atoms with Crippen molar-refractivity contribution in [2.75, 3.05) is 27.3 Å². The molecule has 0 saturated carbocycles. The van der Waals surface area contributed by atoms with Crippen LogP contribution < -0.4 is 9.47 Å². The summed E-state index contributed by atoms with van der Waals surface area (Å²) in [5.74, 6) is 1.70. The van der Waals surface area contributed by atoms with E-state index in [2.05, 4.69) is 9.98 Å². The number of nitrogens with zero attached hydrogens (tertiary/aromatic N) is 2. The second-order valence-corrected chi connectivity index (χ2v) is 4.98. The zero-order chi connectivity index (χ0) is 15.4. The summed E-state index contributed by atoms with van der Waals surface area (Å²) in [5, 5.41) is 0. The molecular formula is C18H18N2O2. The van der Waals surface area contributed by atoms with Gasteiger partial charge >= 0.3 is 0 Å². The number of hydrogen-bond acceptors (Lipinski definition) is 4. The van der Waals surface area contributed by atoms with Crippen LogP contribution in [0.1, 0.15) is 11.1 Å². The van der Waals surface area contributed by atoms with E-state index in [-0.39, 0.29) is 0 Å². The van der Waals surface area contributed by atoms with Crippen molar-refractivity contribution in [1.29, 1.82) is 0 Å². The second-order valence-electron chi connectivity index (χ2n) is 4.98. The average molecular weight is 294 g/mol. The summed E-state index contributed by atoms with van der Waals surface area (Å²) in [5.41, 5.74) is 4.22. The van der Waals surface area contributed by atoms with Crippen molar-refractivity contribution in [1.82, 2.24) is 0 Å². The lowest BCUT2D eigenvalue weighted by atomic mass is 10.1. The van der Waals surface area contributed by atoms with Gasteiger partial charge in [0.2, 0.25) is 0 Å². The van der Waals surface area contributed by atoms with Gasteiger partial charge in [0, 0.05) is 0 Å². The van der Waals surface area contributed by atoms with Crippen LogP contribution in [0, 0.1) is 0 Å². The molecular weight excluding hydrogens is 276 g/mol. The van der Waals surface area contributed by atoms with Gasteiger partial charge < -0.3 is 9.47 Å². The highest BCUT2D eigenvalue weighted by atomic mass is 16.5. The minimum atomic E-state index is 0.605. The maximum absolute atomic E-state index is 5.17. The molecule has 4 nitrogen and oxygen atoms in total. The Hall–Kier alpha value is -2.62. The molecule has 0 spiro atoms. The Labute approximate surface area is 130 Å². The molecule has 0 fully saturated rings. The molecule has 1 heterocycles. The molecule has 0 atom stereocenters. The van der Waals surface area contributed by atoms with E-state index in [1.54, 1.807) is 14.2 Å². The van der Waals surface area contributed by atoms with Crippen LogP contribution in [-0.4, -0.2) is 38.7 Å². The van der Waals surface area contributed by atoms with Crippen LogP contribution in [0.25, 0.3) is 0 Å². The number of rotatable bonds is 4. The first-order chi connectivity index (χ1) is 10.8. The van der Waals surface area contributed by atoms with E-state index in [1.165, 1.54) is 0 Å². The fourth-order valence-corrected chi connectivity index (χ4v) is 2.37. The van der Waals surface area contributed by atoms with Crippen LogP contribution in [0.15, 0.2) is 58.5 Å². The summed E-state index contributed by atoms with van der Waals surface area (Å²) >= 11 is 0. The van der Waals surface area contributed by atoms with Crippen molar-refractivity contribution in [3.05, 3.63) is 59.7 Å². The van der Waals surface area contributed by atoms with Crippen molar-refractivity contribution >= 4 is 11.4 Å². The first kappa shape index (κ1) is 14.3. The van der Waals surface area contributed by atoms with Gasteiger partial charge in [-0.25, -0.2) is 0 Å². The highest BCUT2D eigenvalue weighted by Crippen LogP contribution is 2.16. The second kappa shape index (κ2) is 6.43. The molecule has 22 heavy (non-hydrogen) atoms. The van der Waals surface area contributed by atoms with Crippen molar-refractivity contribution < 1.29 is 9.47 Å². The van der Waals surface area contributed by atoms with Crippen LogP contribution in [0.5, 0.6) is 11.5 Å². The lowest BCUT2D eigenvalue weighted by Crippen LogP contribution is -2.18. The quantitative estimate of drug-likeness (QED) is 0.870. The topological polar surface area (TPSA) is 43.2 Å². The minimum Gasteiger partial charge on any atom is -0.497 e. The van der Waals surface area contributed by atoms with Crippen LogP contribution in [0.2, 0.25) is 0 Å². The molecule has 4 heteroatoms. The lowest BCUT2D eigenvalue weighted by Gasteiger charge is -2.14. The third kappa shape index (κ3) is 3.01. The zero-order valence-electron chi connectivity index (χ0n) is 12.7. The molecule has 0 amide bonds. The molecule has 1 aliphatic rings. The molecule has 0 saturated heterocycles. The van der Waals surface area contributed by atoms with Crippen LogP contribution in [-0.2, 0) is 0 Å². The SMILES string of the molecule is COc1ccc(C2=NCC(c3ccc(OC)cc3)=NC2)cc1. The zero-order valence-corrected chi connectivity index (χ0v) is 12.7. The first-order valence-electron chi connectivity index (χ1n) is 7.15. The van der Waals surface area contributed by atoms with Crippen molar-refractivity contribution in [2.45, 2.75) is 0 Å². The Morgan fingerprint density at radius 2 is 1.00 bits per heavy atom. The van der Waals surface area contributed by atoms with Gasteiger partial charge in [-0.05, 0) is 59.7 Å². The average Bonchev–Trinajstić information content (AvgIpc) is 2.62. The van der Waals surface area contributed by atoms with Gasteiger partial charge in [-0.1, -0.05) is 0 Å². The number of ether oxygens (including phenoxy) is 2. The van der Waals surface area contributed by atoms with E-state index in [4.69, 9.17) is 9.47 Å². The summed E-state index contributed by atoms with van der Waals surface area (Å²) in [4.78, 5) is 9.34. The third-order valence-electron chi connectivity index (χ3n) is 3.69. The van der Waals surface area contributed by atoms with Gasteiger partial charge in [0.15, 0.2) is 0 Å². The smallest absolute Gasteiger partial charge is 0.118 e. The molecule has 1 aliphatic heterocycles. The summed E-state index contributed by atoms with van der Waals surface area (Å²) in [6.07, 6.45) is 0. The van der Waals surface area contributed by atoms with Crippen LogP contribution in [0.3, 0.4) is 0 Å². The first-order valence-corrected chi connectivity index (χ1v) is 7.15. The minimum absolute atomic E-state index is 0.605. The lowest BCUT2D eigenvalue weighted by molar-refractivity contribution is 0.414. The maximum atomic E-state index is 5.17. The fraction of sp³-hybridized carbons (Fsp3) is 0.222. The van der Waals surface area contributed by atoms with Gasteiger partial charge in [0.1, 0.15) is 11.5 Å². The molecule has 0 N–H and O–H groups in total. The molecule has 112 valence electrons. The standard InChI is InChI=1S/C18H18N2O2/c1-21-15-7-3-13(4-8-15)17-11-20-18(12-19-17)14-5-9-16(22-2)10-6-14/h3-10H,11-12H2,1-2H3. The Morgan fingerprint density at radius 3 is 1.27 bits per heavy atom. The molecule has 2 aromatic carbocycles. The number of methoxy groups -OCH3 is 2. The van der Waals surface area contributed by atoms with Crippen molar-refractivity contribution in [2.24, 2.45) is 9.98 Å². The van der Waals surface area contributed by atoms with E-state index in [1.807, 2.05) is 48.5 Å². The van der Waals surface area contributed by atoms with Gasteiger partial charge in [-0.2, -0.15) is 0 Å².